The number of nitrogens with one attached hydrogen (secondary N) is 2. The van der Waals surface area contributed by atoms with Crippen molar-refractivity contribution < 1.29 is 14.4 Å². The van der Waals surface area contributed by atoms with E-state index in [0.717, 1.165) is 50.1 Å². The average molecular weight is 490 g/mol. The molecule has 0 radical (unpaired) electrons. The van der Waals surface area contributed by atoms with Gasteiger partial charge in [-0.05, 0) is 43.0 Å². The van der Waals surface area contributed by atoms with Crippen LogP contribution < -0.4 is 15.5 Å². The van der Waals surface area contributed by atoms with Gasteiger partial charge in [-0.1, -0.05) is 30.3 Å². The van der Waals surface area contributed by atoms with Crippen LogP contribution in [0.5, 0.6) is 0 Å². The van der Waals surface area contributed by atoms with Gasteiger partial charge in [0, 0.05) is 63.8 Å². The molecule has 2 aliphatic heterocycles. The quantitative estimate of drug-likeness (QED) is 0.651. The number of carbonyl (C=O) groups is 3. The monoisotopic (exact) mass is 489 g/mol. The number of amides is 3. The van der Waals surface area contributed by atoms with E-state index in [9.17, 15) is 14.4 Å². The molecule has 0 spiro atoms. The minimum absolute atomic E-state index is 0.00137. The number of rotatable bonds is 6. The molecule has 36 heavy (non-hydrogen) atoms. The largest absolute Gasteiger partial charge is 0.368 e. The first-order valence-corrected chi connectivity index (χ1v) is 13.1. The maximum absolute atomic E-state index is 13.1. The fraction of sp³-hybridized carbons (Fsp3) is 0.464. The minimum Gasteiger partial charge on any atom is -0.368 e. The lowest BCUT2D eigenvalue weighted by atomic mass is 10.1. The molecule has 8 heteroatoms. The lowest BCUT2D eigenvalue weighted by molar-refractivity contribution is -0.130. The van der Waals surface area contributed by atoms with E-state index in [2.05, 4.69) is 15.5 Å². The Morgan fingerprint density at radius 1 is 0.861 bits per heavy atom. The summed E-state index contributed by atoms with van der Waals surface area (Å²) in [6, 6.07) is 15.5. The molecule has 3 aliphatic rings. The Bertz CT molecular complexity index is 1100. The van der Waals surface area contributed by atoms with Crippen molar-refractivity contribution in [3.63, 3.8) is 0 Å². The lowest BCUT2D eigenvalue weighted by Gasteiger charge is -2.29. The molecule has 5 rings (SSSR count). The second kappa shape index (κ2) is 11.1. The molecule has 3 amide bonds. The Morgan fingerprint density at radius 2 is 1.64 bits per heavy atom. The first-order chi connectivity index (χ1) is 17.6. The summed E-state index contributed by atoms with van der Waals surface area (Å²) in [6.45, 7) is 5.76. The van der Waals surface area contributed by atoms with E-state index in [4.69, 9.17) is 0 Å². The van der Waals surface area contributed by atoms with Crippen molar-refractivity contribution in [2.75, 3.05) is 62.6 Å². The molecule has 0 unspecified atom stereocenters. The van der Waals surface area contributed by atoms with Crippen molar-refractivity contribution in [2.45, 2.75) is 25.7 Å². The standard InChI is InChI=1S/C28H35N5O3/c34-26(19-21-5-2-1-3-6-21)32-14-4-13-31(17-18-32)25-10-9-23(28(36)33-15-11-29-12-16-33)20-24(25)30-27(35)22-7-8-22/h1-3,5-6,9-10,20,22,29H,4,7-8,11-19H2,(H,30,35). The number of anilines is 2. The first-order valence-electron chi connectivity index (χ1n) is 13.1. The highest BCUT2D eigenvalue weighted by Crippen LogP contribution is 2.34. The van der Waals surface area contributed by atoms with Crippen molar-refractivity contribution in [3.8, 4) is 0 Å². The van der Waals surface area contributed by atoms with E-state index < -0.39 is 0 Å². The van der Waals surface area contributed by atoms with Crippen LogP contribution >= 0.6 is 0 Å². The van der Waals surface area contributed by atoms with Crippen LogP contribution in [0.15, 0.2) is 48.5 Å². The summed E-state index contributed by atoms with van der Waals surface area (Å²) in [5.41, 5.74) is 3.23. The van der Waals surface area contributed by atoms with Crippen molar-refractivity contribution in [2.24, 2.45) is 5.92 Å². The molecule has 2 aromatic carbocycles. The van der Waals surface area contributed by atoms with Crippen LogP contribution in [0.4, 0.5) is 11.4 Å². The normalized spacial score (nSPS) is 18.5. The van der Waals surface area contributed by atoms with Gasteiger partial charge in [0.2, 0.25) is 11.8 Å². The molecule has 8 nitrogen and oxygen atoms in total. The van der Waals surface area contributed by atoms with E-state index in [1.165, 1.54) is 0 Å². The third kappa shape index (κ3) is 5.87. The number of benzene rings is 2. The zero-order chi connectivity index (χ0) is 24.9. The summed E-state index contributed by atoms with van der Waals surface area (Å²) in [6.07, 6.45) is 3.09. The Morgan fingerprint density at radius 3 is 2.39 bits per heavy atom. The van der Waals surface area contributed by atoms with Gasteiger partial charge in [-0.25, -0.2) is 0 Å². The molecule has 0 aromatic heterocycles. The molecule has 2 N–H and O–H groups in total. The molecule has 2 saturated heterocycles. The fourth-order valence-corrected chi connectivity index (χ4v) is 4.97. The number of piperazine rings is 1. The van der Waals surface area contributed by atoms with Gasteiger partial charge in [0.05, 0.1) is 17.8 Å². The van der Waals surface area contributed by atoms with Crippen LogP contribution in [0.2, 0.25) is 0 Å². The summed E-state index contributed by atoms with van der Waals surface area (Å²) in [4.78, 5) is 44.8. The van der Waals surface area contributed by atoms with Crippen LogP contribution in [0.25, 0.3) is 0 Å². The van der Waals surface area contributed by atoms with Crippen LogP contribution in [-0.4, -0.2) is 79.9 Å². The Labute approximate surface area is 212 Å². The van der Waals surface area contributed by atoms with Crippen molar-refractivity contribution in [1.82, 2.24) is 15.1 Å². The predicted molar refractivity (Wildman–Crippen MR) is 140 cm³/mol. The highest BCUT2D eigenvalue weighted by atomic mass is 16.2. The highest BCUT2D eigenvalue weighted by Gasteiger charge is 2.31. The van der Waals surface area contributed by atoms with E-state index in [1.807, 2.05) is 58.3 Å². The summed E-state index contributed by atoms with van der Waals surface area (Å²) in [5.74, 6) is 0.235. The maximum Gasteiger partial charge on any atom is 0.254 e. The molecule has 1 saturated carbocycles. The number of nitrogens with zero attached hydrogens (tertiary/aromatic N) is 3. The second-order valence-corrected chi connectivity index (χ2v) is 9.92. The van der Waals surface area contributed by atoms with E-state index in [0.29, 0.717) is 50.4 Å². The van der Waals surface area contributed by atoms with Gasteiger partial charge in [-0.3, -0.25) is 14.4 Å². The van der Waals surface area contributed by atoms with Gasteiger partial charge in [0.25, 0.3) is 5.91 Å². The number of hydrogen-bond acceptors (Lipinski definition) is 5. The van der Waals surface area contributed by atoms with Crippen LogP contribution in [0, 0.1) is 5.92 Å². The molecular formula is C28H35N5O3. The summed E-state index contributed by atoms with van der Waals surface area (Å²) >= 11 is 0. The smallest absolute Gasteiger partial charge is 0.254 e. The van der Waals surface area contributed by atoms with Crippen molar-refractivity contribution in [1.29, 1.82) is 0 Å². The second-order valence-electron chi connectivity index (χ2n) is 9.92. The average Bonchev–Trinajstić information content (AvgIpc) is 3.77. The lowest BCUT2D eigenvalue weighted by Crippen LogP contribution is -2.46. The topological polar surface area (TPSA) is 85.0 Å². The number of hydrogen-bond donors (Lipinski definition) is 2. The van der Waals surface area contributed by atoms with Gasteiger partial charge in [-0.15, -0.1) is 0 Å². The fourth-order valence-electron chi connectivity index (χ4n) is 4.97. The Kier molecular flexibility index (Phi) is 7.51. The van der Waals surface area contributed by atoms with Crippen LogP contribution in [0.1, 0.15) is 35.2 Å². The zero-order valence-corrected chi connectivity index (χ0v) is 20.7. The molecule has 2 heterocycles. The predicted octanol–water partition coefficient (Wildman–Crippen LogP) is 2.36. The van der Waals surface area contributed by atoms with Gasteiger partial charge < -0.3 is 25.3 Å². The van der Waals surface area contributed by atoms with Crippen LogP contribution in [-0.2, 0) is 16.0 Å². The summed E-state index contributed by atoms with van der Waals surface area (Å²) in [5, 5.41) is 6.39. The molecule has 190 valence electrons. The molecule has 0 atom stereocenters. The van der Waals surface area contributed by atoms with Crippen LogP contribution in [0.3, 0.4) is 0 Å². The molecule has 0 bridgehead atoms. The minimum atomic E-state index is -0.00137. The summed E-state index contributed by atoms with van der Waals surface area (Å²) < 4.78 is 0. The van der Waals surface area contributed by atoms with Gasteiger partial charge in [0.1, 0.15) is 0 Å². The molecule has 3 fully saturated rings. The summed E-state index contributed by atoms with van der Waals surface area (Å²) in [7, 11) is 0. The molecular weight excluding hydrogens is 454 g/mol. The van der Waals surface area contributed by atoms with Crippen molar-refractivity contribution >= 4 is 29.1 Å². The third-order valence-electron chi connectivity index (χ3n) is 7.24. The third-order valence-corrected chi connectivity index (χ3v) is 7.24. The SMILES string of the molecule is O=C(Nc1cc(C(=O)N2CCNCC2)ccc1N1CCCN(C(=O)Cc2ccccc2)CC1)C1CC1. The molecule has 1 aliphatic carbocycles. The first kappa shape index (κ1) is 24.3. The Balaban J connectivity index is 1.31. The zero-order valence-electron chi connectivity index (χ0n) is 20.7. The van der Waals surface area contributed by atoms with Crippen molar-refractivity contribution in [3.05, 3.63) is 59.7 Å². The van der Waals surface area contributed by atoms with E-state index in [-0.39, 0.29) is 23.6 Å². The molecule has 2 aromatic rings. The Hall–Kier alpha value is -3.39. The number of carbonyl (C=O) groups excluding carboxylic acids is 3. The van der Waals surface area contributed by atoms with Gasteiger partial charge in [0.15, 0.2) is 0 Å². The van der Waals surface area contributed by atoms with E-state index in [1.54, 1.807) is 0 Å². The maximum atomic E-state index is 13.1. The van der Waals surface area contributed by atoms with E-state index >= 15 is 0 Å². The van der Waals surface area contributed by atoms with Gasteiger partial charge >= 0.3 is 0 Å². The highest BCUT2D eigenvalue weighted by molar-refractivity contribution is 6.01. The van der Waals surface area contributed by atoms with Gasteiger partial charge in [-0.2, -0.15) is 0 Å².